The van der Waals surface area contributed by atoms with Gasteiger partial charge in [0.15, 0.2) is 0 Å². The lowest BCUT2D eigenvalue weighted by atomic mass is 9.96. The highest BCUT2D eigenvalue weighted by molar-refractivity contribution is 5.36. The molecule has 2 nitrogen and oxygen atoms in total. The third-order valence-corrected chi connectivity index (χ3v) is 4.62. The Bertz CT molecular complexity index is 423. The van der Waals surface area contributed by atoms with Gasteiger partial charge in [0.25, 0.3) is 0 Å². The van der Waals surface area contributed by atoms with Crippen molar-refractivity contribution in [3.05, 3.63) is 34.9 Å². The second-order valence-corrected chi connectivity index (χ2v) is 6.05. The fourth-order valence-electron chi connectivity index (χ4n) is 3.39. The molecule has 19 heavy (non-hydrogen) atoms. The van der Waals surface area contributed by atoms with Crippen molar-refractivity contribution in [2.24, 2.45) is 5.73 Å². The number of ether oxygens (including phenoxy) is 1. The average molecular weight is 259 g/mol. The minimum Gasteiger partial charge on any atom is -0.378 e. The summed E-state index contributed by atoms with van der Waals surface area (Å²) in [5.41, 5.74) is 10.7. The van der Waals surface area contributed by atoms with E-state index in [2.05, 4.69) is 18.2 Å². The van der Waals surface area contributed by atoms with Crippen LogP contribution in [0.15, 0.2) is 18.2 Å². The van der Waals surface area contributed by atoms with Crippen LogP contribution in [-0.4, -0.2) is 12.7 Å². The van der Waals surface area contributed by atoms with E-state index in [0.29, 0.717) is 6.10 Å². The third kappa shape index (κ3) is 3.18. The summed E-state index contributed by atoms with van der Waals surface area (Å²) in [7, 11) is 0. The molecule has 0 aromatic heterocycles. The maximum atomic E-state index is 6.35. The number of aryl methyl sites for hydroxylation is 2. The van der Waals surface area contributed by atoms with Crippen molar-refractivity contribution in [1.82, 2.24) is 0 Å². The Morgan fingerprint density at radius 1 is 1.16 bits per heavy atom. The van der Waals surface area contributed by atoms with Crippen molar-refractivity contribution >= 4 is 0 Å². The number of hydrogen-bond acceptors (Lipinski definition) is 2. The fourth-order valence-corrected chi connectivity index (χ4v) is 3.39. The minimum absolute atomic E-state index is 0.177. The topological polar surface area (TPSA) is 35.2 Å². The molecule has 1 aromatic rings. The van der Waals surface area contributed by atoms with Gasteiger partial charge in [-0.1, -0.05) is 18.2 Å². The van der Waals surface area contributed by atoms with Gasteiger partial charge in [0.1, 0.15) is 0 Å². The van der Waals surface area contributed by atoms with Crippen LogP contribution in [0.1, 0.15) is 61.3 Å². The Kier molecular flexibility index (Phi) is 4.19. The first kappa shape index (κ1) is 13.1. The number of fused-ring (bicyclic) bond motifs is 1. The summed E-state index contributed by atoms with van der Waals surface area (Å²) >= 11 is 0. The Morgan fingerprint density at radius 2 is 2.05 bits per heavy atom. The van der Waals surface area contributed by atoms with Gasteiger partial charge >= 0.3 is 0 Å². The lowest BCUT2D eigenvalue weighted by Crippen LogP contribution is -2.21. The van der Waals surface area contributed by atoms with Crippen LogP contribution in [0.25, 0.3) is 0 Å². The number of hydrogen-bond donors (Lipinski definition) is 1. The van der Waals surface area contributed by atoms with Gasteiger partial charge in [-0.2, -0.15) is 0 Å². The Labute approximate surface area is 116 Å². The summed E-state index contributed by atoms with van der Waals surface area (Å²) < 4.78 is 5.78. The Balaban J connectivity index is 1.56. The van der Waals surface area contributed by atoms with Gasteiger partial charge in [-0.05, 0) is 68.1 Å². The predicted molar refractivity (Wildman–Crippen MR) is 78.2 cm³/mol. The summed E-state index contributed by atoms with van der Waals surface area (Å²) in [6.45, 7) is 0.943. The van der Waals surface area contributed by atoms with Crippen LogP contribution in [0.2, 0.25) is 0 Å². The van der Waals surface area contributed by atoms with Crippen molar-refractivity contribution < 1.29 is 4.74 Å². The maximum Gasteiger partial charge on any atom is 0.0575 e. The highest BCUT2D eigenvalue weighted by Crippen LogP contribution is 2.27. The van der Waals surface area contributed by atoms with Crippen LogP contribution >= 0.6 is 0 Å². The quantitative estimate of drug-likeness (QED) is 0.898. The summed E-state index contributed by atoms with van der Waals surface area (Å²) in [5, 5.41) is 0. The predicted octanol–water partition coefficient (Wildman–Crippen LogP) is 3.52. The average Bonchev–Trinajstić information content (AvgIpc) is 2.93. The highest BCUT2D eigenvalue weighted by Gasteiger charge is 2.17. The van der Waals surface area contributed by atoms with E-state index in [1.54, 1.807) is 0 Å². The molecule has 1 aromatic carbocycles. The standard InChI is InChI=1S/C17H25NO/c18-17(10-9-16-6-1-2-11-19-16)15-8-7-13-4-3-5-14(13)12-15/h7-8,12,16-17H,1-6,9-11,18H2. The van der Waals surface area contributed by atoms with E-state index in [1.807, 2.05) is 0 Å². The van der Waals surface area contributed by atoms with Crippen molar-refractivity contribution in [1.29, 1.82) is 0 Å². The lowest BCUT2D eigenvalue weighted by Gasteiger charge is -2.24. The van der Waals surface area contributed by atoms with E-state index >= 15 is 0 Å². The van der Waals surface area contributed by atoms with Crippen LogP contribution in [0, 0.1) is 0 Å². The molecule has 0 bridgehead atoms. The highest BCUT2D eigenvalue weighted by atomic mass is 16.5. The van der Waals surface area contributed by atoms with Crippen LogP contribution in [-0.2, 0) is 17.6 Å². The second kappa shape index (κ2) is 6.06. The first-order valence-electron chi connectivity index (χ1n) is 7.82. The first-order chi connectivity index (χ1) is 9.33. The number of nitrogens with two attached hydrogens (primary N) is 1. The van der Waals surface area contributed by atoms with Gasteiger partial charge in [0, 0.05) is 12.6 Å². The molecule has 2 atom stereocenters. The zero-order valence-corrected chi connectivity index (χ0v) is 11.7. The van der Waals surface area contributed by atoms with Crippen LogP contribution in [0.3, 0.4) is 0 Å². The maximum absolute atomic E-state index is 6.35. The molecule has 1 saturated heterocycles. The number of rotatable bonds is 4. The summed E-state index contributed by atoms with van der Waals surface area (Å²) in [6.07, 6.45) is 10.2. The van der Waals surface area contributed by atoms with E-state index in [9.17, 15) is 0 Å². The van der Waals surface area contributed by atoms with Gasteiger partial charge in [-0.3, -0.25) is 0 Å². The largest absolute Gasteiger partial charge is 0.378 e. The second-order valence-electron chi connectivity index (χ2n) is 6.05. The van der Waals surface area contributed by atoms with Crippen LogP contribution in [0.4, 0.5) is 0 Å². The SMILES string of the molecule is NC(CCC1CCCCO1)c1ccc2c(c1)CCC2. The molecule has 0 spiro atoms. The smallest absolute Gasteiger partial charge is 0.0575 e. The van der Waals surface area contributed by atoms with Gasteiger partial charge in [-0.25, -0.2) is 0 Å². The summed E-state index contributed by atoms with van der Waals surface area (Å²) in [5.74, 6) is 0. The lowest BCUT2D eigenvalue weighted by molar-refractivity contribution is 0.00912. The molecule has 1 aliphatic heterocycles. The molecule has 1 fully saturated rings. The third-order valence-electron chi connectivity index (χ3n) is 4.62. The summed E-state index contributed by atoms with van der Waals surface area (Å²) in [6, 6.07) is 7.04. The van der Waals surface area contributed by atoms with Gasteiger partial charge in [-0.15, -0.1) is 0 Å². The van der Waals surface area contributed by atoms with Crippen molar-refractivity contribution in [3.8, 4) is 0 Å². The van der Waals surface area contributed by atoms with Crippen molar-refractivity contribution in [3.63, 3.8) is 0 Å². The van der Waals surface area contributed by atoms with Gasteiger partial charge in [0.2, 0.25) is 0 Å². The molecule has 1 heterocycles. The Hall–Kier alpha value is -0.860. The molecule has 3 rings (SSSR count). The molecule has 0 amide bonds. The van der Waals surface area contributed by atoms with Crippen LogP contribution < -0.4 is 5.73 Å². The fraction of sp³-hybridized carbons (Fsp3) is 0.647. The molecule has 2 heteroatoms. The molecule has 0 saturated carbocycles. The van der Waals surface area contributed by atoms with Crippen LogP contribution in [0.5, 0.6) is 0 Å². The minimum atomic E-state index is 0.177. The van der Waals surface area contributed by atoms with Crippen molar-refractivity contribution in [2.75, 3.05) is 6.61 Å². The Morgan fingerprint density at radius 3 is 2.89 bits per heavy atom. The number of benzene rings is 1. The molecule has 1 aliphatic carbocycles. The monoisotopic (exact) mass is 259 g/mol. The molecule has 104 valence electrons. The van der Waals surface area contributed by atoms with E-state index in [-0.39, 0.29) is 6.04 Å². The summed E-state index contributed by atoms with van der Waals surface area (Å²) in [4.78, 5) is 0. The van der Waals surface area contributed by atoms with Gasteiger partial charge < -0.3 is 10.5 Å². The van der Waals surface area contributed by atoms with E-state index in [4.69, 9.17) is 10.5 Å². The van der Waals surface area contributed by atoms with Gasteiger partial charge in [0.05, 0.1) is 6.10 Å². The molecule has 2 aliphatic rings. The molecule has 2 N–H and O–H groups in total. The molecular weight excluding hydrogens is 234 g/mol. The van der Waals surface area contributed by atoms with E-state index in [1.165, 1.54) is 55.2 Å². The van der Waals surface area contributed by atoms with Crippen molar-refractivity contribution in [2.45, 2.75) is 63.5 Å². The zero-order valence-electron chi connectivity index (χ0n) is 11.7. The zero-order chi connectivity index (χ0) is 13.1. The first-order valence-corrected chi connectivity index (χ1v) is 7.82. The van der Waals surface area contributed by atoms with E-state index in [0.717, 1.165) is 19.4 Å². The normalized spacial score (nSPS) is 24.2. The van der Waals surface area contributed by atoms with E-state index < -0.39 is 0 Å². The molecular formula is C17H25NO. The molecule has 2 unspecified atom stereocenters. The molecule has 0 radical (unpaired) electrons.